The van der Waals surface area contributed by atoms with E-state index in [0.717, 1.165) is 14.7 Å². The minimum absolute atomic E-state index is 0.0113. The average molecular weight is 1360 g/mol. The molecule has 11 amide bonds. The maximum Gasteiger partial charge on any atom is 0.248 e. The largest absolute Gasteiger partial charge is 0.390 e. The molecule has 2 saturated heterocycles. The molecule has 6 N–H and O–H groups in total. The van der Waals surface area contributed by atoms with Crippen LogP contribution in [-0.2, 0) is 67.0 Å². The van der Waals surface area contributed by atoms with E-state index in [1.807, 2.05) is 41.5 Å². The highest BCUT2D eigenvalue weighted by molar-refractivity contribution is 6.00. The molecule has 2 aliphatic rings. The van der Waals surface area contributed by atoms with Crippen LogP contribution in [0.15, 0.2) is 12.2 Å². The molecule has 27 nitrogen and oxygen atoms in total. The number of amides is 11. The molecule has 0 aliphatic carbocycles. The van der Waals surface area contributed by atoms with Crippen LogP contribution in [0.2, 0.25) is 0 Å². The first-order valence-corrected chi connectivity index (χ1v) is 34.4. The van der Waals surface area contributed by atoms with Gasteiger partial charge in [0.05, 0.1) is 38.1 Å². The Balaban J connectivity index is 3.12. The van der Waals surface area contributed by atoms with Crippen molar-refractivity contribution in [2.45, 2.75) is 254 Å². The molecule has 0 aromatic carbocycles. The third kappa shape index (κ3) is 24.6. The Morgan fingerprint density at radius 2 is 0.979 bits per heavy atom. The Hall–Kier alpha value is -6.29. The van der Waals surface area contributed by atoms with Gasteiger partial charge in [-0.3, -0.25) is 52.7 Å². The van der Waals surface area contributed by atoms with Crippen LogP contribution in [0.3, 0.4) is 0 Å². The highest BCUT2D eigenvalue weighted by Crippen LogP contribution is 2.27. The first kappa shape index (κ1) is 85.8. The van der Waals surface area contributed by atoms with Crippen molar-refractivity contribution in [3.63, 3.8) is 0 Å². The Morgan fingerprint density at radius 1 is 0.531 bits per heavy atom. The number of nitrogens with zero attached hydrogens (tertiary/aromatic N) is 7. The minimum Gasteiger partial charge on any atom is -0.390 e. The predicted molar refractivity (Wildman–Crippen MR) is 365 cm³/mol. The summed E-state index contributed by atoms with van der Waals surface area (Å²) in [7, 11) is 9.66. The third-order valence-electron chi connectivity index (χ3n) is 18.1. The summed E-state index contributed by atoms with van der Waals surface area (Å²) in [6.07, 6.45) is 2.48. The molecule has 0 aromatic heterocycles. The van der Waals surface area contributed by atoms with Crippen molar-refractivity contribution in [1.82, 2.24) is 55.6 Å². The molecule has 0 saturated carbocycles. The van der Waals surface area contributed by atoms with Gasteiger partial charge in [0.25, 0.3) is 0 Å². The highest BCUT2D eigenvalue weighted by atomic mass is 16.7. The van der Waals surface area contributed by atoms with Gasteiger partial charge in [-0.1, -0.05) is 95.2 Å². The standard InChI is InChI=1S/C69H123N11O16/c1-25-27-29-44(13)57(81)56-61(85)72-47(26-2)63(87)78(22)52(38-94-33-30-53-95-31-28-32-96-53)66(90)77(21)51(37-69(16,17)93)60(84)73-54(42(9)10)67(91)74(18)48(34-39(3)4)59(83)70-45(14)58(82)71-46(15)62(86)75(19)49(35-40(5)6)64(88)76(20)50(36-41(7)8)65(89)79(23)55(43(11)12)68(92)80(56)24/h25,27,39-57,81,93H,26,28-38H2,1-24H3,(H,70,83)(H,71,82)(H,72,85)(H,73,84)/t44-,45+,46-,47+,48+,49+,50+,51+,52-,54+,55+,56+,57-/m1/s1. The summed E-state index contributed by atoms with van der Waals surface area (Å²) in [6, 6.07) is -14.9. The Labute approximate surface area is 572 Å². The van der Waals surface area contributed by atoms with Gasteiger partial charge in [-0.05, 0) is 109 Å². The number of carbonyl (C=O) groups excluding carboxylic acids is 11. The average Bonchev–Trinajstić information content (AvgIpc) is 0.812. The van der Waals surface area contributed by atoms with Crippen molar-refractivity contribution in [3.8, 4) is 0 Å². The molecule has 0 radical (unpaired) electrons. The number of hydrogen-bond donors (Lipinski definition) is 6. The zero-order valence-corrected chi connectivity index (χ0v) is 62.4. The van der Waals surface area contributed by atoms with E-state index in [2.05, 4.69) is 21.3 Å². The fourth-order valence-corrected chi connectivity index (χ4v) is 12.1. The van der Waals surface area contributed by atoms with Crippen LogP contribution < -0.4 is 21.3 Å². The monoisotopic (exact) mass is 1360 g/mol. The highest BCUT2D eigenvalue weighted by Gasteiger charge is 2.47. The molecule has 0 unspecified atom stereocenters. The number of likely N-dealkylation sites (N-methyl/N-ethyl adjacent to an activating group) is 7. The first-order chi connectivity index (χ1) is 44.5. The van der Waals surface area contributed by atoms with E-state index >= 15 is 28.8 Å². The zero-order chi connectivity index (χ0) is 73.7. The van der Waals surface area contributed by atoms with Crippen LogP contribution in [0.4, 0.5) is 0 Å². The van der Waals surface area contributed by atoms with Gasteiger partial charge in [-0.25, -0.2) is 0 Å². The molecule has 96 heavy (non-hydrogen) atoms. The van der Waals surface area contributed by atoms with Crippen LogP contribution >= 0.6 is 0 Å². The second-order valence-electron chi connectivity index (χ2n) is 29.1. The van der Waals surface area contributed by atoms with Crippen LogP contribution in [-0.4, -0.2) is 270 Å². The molecule has 2 heterocycles. The molecule has 0 spiro atoms. The smallest absolute Gasteiger partial charge is 0.248 e. The number of allylic oxidation sites excluding steroid dienone is 2. The summed E-state index contributed by atoms with van der Waals surface area (Å²) in [5, 5.41) is 34.7. The maximum absolute atomic E-state index is 15.4. The van der Waals surface area contributed by atoms with Crippen LogP contribution in [0.1, 0.15) is 169 Å². The SMILES string of the molecule is CC=CC[C@@H](C)[C@@H](O)[C@H]1C(=O)N[C@@H](CC)C(=O)N(C)[C@H](COCCC2OCCCO2)C(=O)N(C)[C@@H](CC(C)(C)O)C(=O)N[C@@H](C(C)C)C(=O)N(C)[C@@H](CC(C)C)C(=O)N[C@@H](C)C(=O)N[C@H](C)C(=O)N(C)[C@@H](CC(C)C)C(=O)N(C)[C@@H](CC(C)C)C(=O)N(C)[C@@H](C(C)C)C(=O)N1C. The number of nitrogens with one attached hydrogen (secondary N) is 4. The van der Waals surface area contributed by atoms with E-state index in [-0.39, 0.29) is 69.3 Å². The van der Waals surface area contributed by atoms with Crippen molar-refractivity contribution >= 4 is 65.0 Å². The number of ether oxygens (including phenoxy) is 3. The van der Waals surface area contributed by atoms with Gasteiger partial charge < -0.3 is 80.0 Å². The Bertz CT molecular complexity index is 2630. The summed E-state index contributed by atoms with van der Waals surface area (Å²) >= 11 is 0. The van der Waals surface area contributed by atoms with Gasteiger partial charge in [0.1, 0.15) is 66.5 Å². The van der Waals surface area contributed by atoms with Crippen molar-refractivity contribution in [1.29, 1.82) is 0 Å². The van der Waals surface area contributed by atoms with Gasteiger partial charge in [-0.15, -0.1) is 0 Å². The molecule has 27 heteroatoms. The molecular formula is C69H123N11O16. The second kappa shape index (κ2) is 39.3. The van der Waals surface area contributed by atoms with E-state index in [1.165, 1.54) is 96.6 Å². The topological polar surface area (TPSA) is 327 Å². The minimum atomic E-state index is -1.69. The van der Waals surface area contributed by atoms with Crippen molar-refractivity contribution in [2.24, 2.45) is 35.5 Å². The van der Waals surface area contributed by atoms with Gasteiger partial charge >= 0.3 is 0 Å². The summed E-state index contributed by atoms with van der Waals surface area (Å²) in [4.78, 5) is 172. The maximum atomic E-state index is 15.4. The van der Waals surface area contributed by atoms with Crippen LogP contribution in [0.25, 0.3) is 0 Å². The number of aliphatic hydroxyl groups excluding tert-OH is 1. The van der Waals surface area contributed by atoms with Gasteiger partial charge in [0.2, 0.25) is 65.0 Å². The molecule has 13 atom stereocenters. The second-order valence-corrected chi connectivity index (χ2v) is 29.1. The van der Waals surface area contributed by atoms with E-state index in [1.54, 1.807) is 60.6 Å². The lowest BCUT2D eigenvalue weighted by atomic mass is 9.91. The van der Waals surface area contributed by atoms with Gasteiger partial charge in [0, 0.05) is 62.2 Å². The summed E-state index contributed by atoms with van der Waals surface area (Å²) in [5.74, 6) is -10.8. The van der Waals surface area contributed by atoms with Crippen LogP contribution in [0, 0.1) is 35.5 Å². The first-order valence-electron chi connectivity index (χ1n) is 34.4. The molecule has 2 rings (SSSR count). The molecule has 0 aromatic rings. The predicted octanol–water partition coefficient (Wildman–Crippen LogP) is 2.92. The summed E-state index contributed by atoms with van der Waals surface area (Å²) < 4.78 is 17.5. The molecule has 2 aliphatic heterocycles. The van der Waals surface area contributed by atoms with E-state index in [4.69, 9.17) is 14.2 Å². The summed E-state index contributed by atoms with van der Waals surface area (Å²) in [6.45, 7) is 29.1. The van der Waals surface area contributed by atoms with E-state index in [0.29, 0.717) is 19.6 Å². The van der Waals surface area contributed by atoms with Crippen molar-refractivity contribution in [2.75, 3.05) is 75.8 Å². The quantitative estimate of drug-likeness (QED) is 0.0754. The lowest BCUT2D eigenvalue weighted by Gasteiger charge is -2.41. The lowest BCUT2D eigenvalue weighted by Crippen LogP contribution is -2.64. The Morgan fingerprint density at radius 3 is 1.47 bits per heavy atom. The fourth-order valence-electron chi connectivity index (χ4n) is 12.1. The van der Waals surface area contributed by atoms with Gasteiger partial charge in [0.15, 0.2) is 6.29 Å². The van der Waals surface area contributed by atoms with Gasteiger partial charge in [-0.2, -0.15) is 0 Å². The lowest BCUT2D eigenvalue weighted by molar-refractivity contribution is -0.187. The molecular weight excluding hydrogens is 1240 g/mol. The van der Waals surface area contributed by atoms with Crippen LogP contribution in [0.5, 0.6) is 0 Å². The third-order valence-corrected chi connectivity index (χ3v) is 18.1. The molecule has 0 bridgehead atoms. The number of rotatable bonds is 20. The number of hydrogen-bond acceptors (Lipinski definition) is 16. The zero-order valence-electron chi connectivity index (χ0n) is 62.4. The van der Waals surface area contributed by atoms with Crippen molar-refractivity contribution < 1.29 is 77.2 Å². The summed E-state index contributed by atoms with van der Waals surface area (Å²) in [5.41, 5.74) is -1.63. The normalized spacial score (nSPS) is 27.3. The van der Waals surface area contributed by atoms with E-state index < -0.39 is 174 Å². The fraction of sp³-hybridized carbons (Fsp3) is 0.812. The molecule has 550 valence electrons. The van der Waals surface area contributed by atoms with Crippen molar-refractivity contribution in [3.05, 3.63) is 12.2 Å². The number of carbonyl (C=O) groups is 11. The molecule has 2 fully saturated rings. The number of aliphatic hydroxyl groups is 2. The Kier molecular flexibility index (Phi) is 35.2. The van der Waals surface area contributed by atoms with E-state index in [9.17, 15) is 34.2 Å².